The van der Waals surface area contributed by atoms with E-state index in [1.807, 2.05) is 0 Å². The fourth-order valence-corrected chi connectivity index (χ4v) is 8.39. The molecule has 0 bridgehead atoms. The lowest BCUT2D eigenvalue weighted by molar-refractivity contribution is -0.167. The maximum Gasteiger partial charge on any atom is 0.306 e. The van der Waals surface area contributed by atoms with Crippen LogP contribution in [0.2, 0.25) is 0 Å². The first-order valence-corrected chi connectivity index (χ1v) is 29.1. The average Bonchev–Trinajstić information content (AvgIpc) is 3.33. The largest absolute Gasteiger partial charge is 0.462 e. The van der Waals surface area contributed by atoms with Crippen LogP contribution in [0.1, 0.15) is 303 Å². The molecule has 390 valence electrons. The smallest absolute Gasteiger partial charge is 0.306 e. The van der Waals surface area contributed by atoms with Crippen LogP contribution in [0.3, 0.4) is 0 Å². The standard InChI is InChI=1S/C61H110O6/c1-4-7-10-13-16-19-22-25-27-28-29-30-31-32-34-36-39-42-45-48-51-54-60(63)66-57-58(56-65-59(62)53-50-47-44-41-38-35-24-21-18-15-12-9-6-3)67-61(64)55-52-49-46-43-40-37-33-26-23-20-17-14-11-8-5-2/h17,20-21,24,26,33,40,43,58H,4-16,18-19,22-23,25,27-32,34-39,41-42,44-57H2,1-3H3/b20-17-,24-21-,33-26-,43-40-/t58-/m1/s1. The zero-order valence-corrected chi connectivity index (χ0v) is 44.7. The molecule has 0 aliphatic rings. The number of ether oxygens (including phenoxy) is 3. The van der Waals surface area contributed by atoms with Gasteiger partial charge in [-0.05, 0) is 83.5 Å². The molecule has 67 heavy (non-hydrogen) atoms. The Balaban J connectivity index is 4.34. The number of hydrogen-bond acceptors (Lipinski definition) is 6. The summed E-state index contributed by atoms with van der Waals surface area (Å²) in [5, 5.41) is 0. The normalized spacial score (nSPS) is 12.3. The van der Waals surface area contributed by atoms with E-state index < -0.39 is 6.10 Å². The van der Waals surface area contributed by atoms with E-state index in [1.165, 1.54) is 186 Å². The topological polar surface area (TPSA) is 78.9 Å². The van der Waals surface area contributed by atoms with Crippen molar-refractivity contribution in [3.8, 4) is 0 Å². The van der Waals surface area contributed by atoms with Crippen LogP contribution in [-0.2, 0) is 28.6 Å². The molecule has 0 amide bonds. The highest BCUT2D eigenvalue weighted by atomic mass is 16.6. The monoisotopic (exact) mass is 939 g/mol. The molecule has 0 aromatic carbocycles. The molecule has 6 nitrogen and oxygen atoms in total. The number of rotatable bonds is 53. The lowest BCUT2D eigenvalue weighted by Gasteiger charge is -2.18. The minimum absolute atomic E-state index is 0.0881. The molecule has 0 saturated carbocycles. The molecular weight excluding hydrogens is 829 g/mol. The van der Waals surface area contributed by atoms with Crippen LogP contribution < -0.4 is 0 Å². The van der Waals surface area contributed by atoms with E-state index >= 15 is 0 Å². The van der Waals surface area contributed by atoms with E-state index in [0.29, 0.717) is 19.3 Å². The van der Waals surface area contributed by atoms with Crippen molar-refractivity contribution < 1.29 is 28.6 Å². The van der Waals surface area contributed by atoms with Gasteiger partial charge in [-0.1, -0.05) is 249 Å². The molecule has 6 heteroatoms. The molecule has 1 atom stereocenters. The first-order valence-electron chi connectivity index (χ1n) is 29.1. The van der Waals surface area contributed by atoms with E-state index in [2.05, 4.69) is 69.4 Å². The van der Waals surface area contributed by atoms with Crippen molar-refractivity contribution in [1.82, 2.24) is 0 Å². The van der Waals surface area contributed by atoms with Crippen molar-refractivity contribution in [2.75, 3.05) is 13.2 Å². The van der Waals surface area contributed by atoms with Gasteiger partial charge in [0.2, 0.25) is 0 Å². The second-order valence-corrected chi connectivity index (χ2v) is 19.6. The second kappa shape index (κ2) is 56.0. The zero-order chi connectivity index (χ0) is 48.6. The molecule has 0 aromatic heterocycles. The van der Waals surface area contributed by atoms with E-state index in [9.17, 15) is 14.4 Å². The molecule has 0 spiro atoms. The molecule has 0 fully saturated rings. The van der Waals surface area contributed by atoms with Gasteiger partial charge in [0.1, 0.15) is 13.2 Å². The minimum Gasteiger partial charge on any atom is -0.462 e. The average molecular weight is 940 g/mol. The summed E-state index contributed by atoms with van der Waals surface area (Å²) in [6.07, 6.45) is 68.2. The van der Waals surface area contributed by atoms with Crippen molar-refractivity contribution >= 4 is 17.9 Å². The Morgan fingerprint density at radius 1 is 0.299 bits per heavy atom. The number of allylic oxidation sites excluding steroid dienone is 8. The van der Waals surface area contributed by atoms with Gasteiger partial charge in [0.05, 0.1) is 0 Å². The highest BCUT2D eigenvalue weighted by Crippen LogP contribution is 2.16. The van der Waals surface area contributed by atoms with Crippen LogP contribution in [-0.4, -0.2) is 37.2 Å². The Morgan fingerprint density at radius 2 is 0.537 bits per heavy atom. The lowest BCUT2D eigenvalue weighted by atomic mass is 10.0. The van der Waals surface area contributed by atoms with E-state index in [1.54, 1.807) is 0 Å². The van der Waals surface area contributed by atoms with Gasteiger partial charge in [-0.25, -0.2) is 0 Å². The molecule has 0 N–H and O–H groups in total. The number of hydrogen-bond donors (Lipinski definition) is 0. The van der Waals surface area contributed by atoms with Crippen molar-refractivity contribution in [2.45, 2.75) is 309 Å². The quantitative estimate of drug-likeness (QED) is 0.0262. The van der Waals surface area contributed by atoms with Gasteiger partial charge in [0.15, 0.2) is 6.10 Å². The molecule has 0 aliphatic heterocycles. The van der Waals surface area contributed by atoms with Crippen molar-refractivity contribution in [3.05, 3.63) is 48.6 Å². The first-order chi connectivity index (χ1) is 33.0. The summed E-state index contributed by atoms with van der Waals surface area (Å²) in [4.78, 5) is 38.1. The fraction of sp³-hybridized carbons (Fsp3) is 0.820. The van der Waals surface area contributed by atoms with E-state index in [0.717, 1.165) is 70.6 Å². The predicted octanol–water partition coefficient (Wildman–Crippen LogP) is 19.4. The van der Waals surface area contributed by atoms with Gasteiger partial charge < -0.3 is 14.2 Å². The number of unbranched alkanes of at least 4 members (excludes halogenated alkanes) is 34. The van der Waals surface area contributed by atoms with Crippen LogP contribution in [0, 0.1) is 0 Å². The van der Waals surface area contributed by atoms with Crippen LogP contribution in [0.4, 0.5) is 0 Å². The molecule has 0 radical (unpaired) electrons. The van der Waals surface area contributed by atoms with Crippen LogP contribution in [0.25, 0.3) is 0 Å². The third-order valence-electron chi connectivity index (χ3n) is 12.8. The molecular formula is C61H110O6. The third-order valence-corrected chi connectivity index (χ3v) is 12.8. The van der Waals surface area contributed by atoms with Gasteiger partial charge in [-0.3, -0.25) is 14.4 Å². The maximum absolute atomic E-state index is 12.8. The summed E-state index contributed by atoms with van der Waals surface area (Å²) >= 11 is 0. The summed E-state index contributed by atoms with van der Waals surface area (Å²) < 4.78 is 16.8. The van der Waals surface area contributed by atoms with Gasteiger partial charge >= 0.3 is 17.9 Å². The molecule has 0 heterocycles. The van der Waals surface area contributed by atoms with E-state index in [4.69, 9.17) is 14.2 Å². The van der Waals surface area contributed by atoms with Crippen molar-refractivity contribution in [1.29, 1.82) is 0 Å². The number of esters is 3. The molecule has 0 saturated heterocycles. The first kappa shape index (κ1) is 64.4. The van der Waals surface area contributed by atoms with Crippen LogP contribution in [0.15, 0.2) is 48.6 Å². The summed E-state index contributed by atoms with van der Waals surface area (Å²) in [6.45, 7) is 6.59. The van der Waals surface area contributed by atoms with Crippen molar-refractivity contribution in [3.63, 3.8) is 0 Å². The molecule has 0 aliphatic carbocycles. The highest BCUT2D eigenvalue weighted by molar-refractivity contribution is 5.71. The SMILES string of the molecule is CCCCC/C=C\C/C=C\C/C=C\CCCCC(=O)O[C@H](COC(=O)CCCCCCC/C=C\CCCCCC)COC(=O)CCCCCCCCCCCCCCCCCCCCCCC. The molecule has 0 unspecified atom stereocenters. The Hall–Kier alpha value is -2.63. The summed E-state index contributed by atoms with van der Waals surface area (Å²) in [6, 6.07) is 0. The summed E-state index contributed by atoms with van der Waals surface area (Å²) in [5.74, 6) is -0.922. The number of carbonyl (C=O) groups is 3. The Kier molecular flexibility index (Phi) is 53.8. The van der Waals surface area contributed by atoms with Gasteiger partial charge in [-0.15, -0.1) is 0 Å². The molecule has 0 aromatic rings. The second-order valence-electron chi connectivity index (χ2n) is 19.6. The number of carbonyl (C=O) groups excluding carboxylic acids is 3. The van der Waals surface area contributed by atoms with Gasteiger partial charge in [0, 0.05) is 19.3 Å². The Morgan fingerprint density at radius 3 is 0.925 bits per heavy atom. The third kappa shape index (κ3) is 54.2. The maximum atomic E-state index is 12.8. The van der Waals surface area contributed by atoms with Crippen LogP contribution >= 0.6 is 0 Å². The molecule has 0 rings (SSSR count). The van der Waals surface area contributed by atoms with E-state index in [-0.39, 0.29) is 37.5 Å². The Labute approximate surface area is 416 Å². The minimum atomic E-state index is -0.794. The summed E-state index contributed by atoms with van der Waals surface area (Å²) in [5.41, 5.74) is 0. The van der Waals surface area contributed by atoms with Gasteiger partial charge in [-0.2, -0.15) is 0 Å². The predicted molar refractivity (Wildman–Crippen MR) is 289 cm³/mol. The zero-order valence-electron chi connectivity index (χ0n) is 44.7. The highest BCUT2D eigenvalue weighted by Gasteiger charge is 2.19. The summed E-state index contributed by atoms with van der Waals surface area (Å²) in [7, 11) is 0. The van der Waals surface area contributed by atoms with Gasteiger partial charge in [0.25, 0.3) is 0 Å². The van der Waals surface area contributed by atoms with Crippen molar-refractivity contribution in [2.24, 2.45) is 0 Å². The van der Waals surface area contributed by atoms with Crippen LogP contribution in [0.5, 0.6) is 0 Å². The lowest BCUT2D eigenvalue weighted by Crippen LogP contribution is -2.30. The Bertz CT molecular complexity index is 1170. The fourth-order valence-electron chi connectivity index (χ4n) is 8.39.